The summed E-state index contributed by atoms with van der Waals surface area (Å²) in [5, 5.41) is 2.87. The lowest BCUT2D eigenvalue weighted by atomic mass is 10.2. The lowest BCUT2D eigenvalue weighted by Gasteiger charge is -2.12. The van der Waals surface area contributed by atoms with Crippen molar-refractivity contribution in [1.82, 2.24) is 8.97 Å². The van der Waals surface area contributed by atoms with E-state index in [-0.39, 0.29) is 11.5 Å². The van der Waals surface area contributed by atoms with Gasteiger partial charge in [-0.15, -0.1) is 0 Å². The van der Waals surface area contributed by atoms with E-state index in [0.717, 1.165) is 22.5 Å². The van der Waals surface area contributed by atoms with Crippen molar-refractivity contribution in [1.29, 1.82) is 0 Å². The van der Waals surface area contributed by atoms with Crippen molar-refractivity contribution in [2.24, 2.45) is 0 Å². The molecular formula is C22H21N3O3. The second-order valence-electron chi connectivity index (χ2n) is 6.59. The summed E-state index contributed by atoms with van der Waals surface area (Å²) in [6, 6.07) is 18.7. The van der Waals surface area contributed by atoms with E-state index in [9.17, 15) is 9.59 Å². The first-order chi connectivity index (χ1) is 13.7. The van der Waals surface area contributed by atoms with Crippen LogP contribution < -0.4 is 15.6 Å². The Labute approximate surface area is 162 Å². The maximum Gasteiger partial charge on any atom is 0.275 e. The molecule has 0 saturated heterocycles. The molecule has 142 valence electrons. The van der Waals surface area contributed by atoms with Gasteiger partial charge in [-0.25, -0.2) is 0 Å². The first-order valence-corrected chi connectivity index (χ1v) is 9.20. The number of ether oxygens (including phenoxy) is 1. The van der Waals surface area contributed by atoms with Gasteiger partial charge in [0.15, 0.2) is 0 Å². The topological polar surface area (TPSA) is 64.7 Å². The lowest BCUT2D eigenvalue weighted by molar-refractivity contribution is -0.116. The smallest absolute Gasteiger partial charge is 0.275 e. The third kappa shape index (κ3) is 3.36. The van der Waals surface area contributed by atoms with Crippen molar-refractivity contribution in [3.63, 3.8) is 0 Å². The van der Waals surface area contributed by atoms with Gasteiger partial charge in [0.1, 0.15) is 11.3 Å². The normalized spacial score (nSPS) is 11.0. The van der Waals surface area contributed by atoms with Crippen LogP contribution in [0.4, 0.5) is 5.69 Å². The second kappa shape index (κ2) is 7.60. The van der Waals surface area contributed by atoms with Gasteiger partial charge in [0.25, 0.3) is 5.56 Å². The van der Waals surface area contributed by atoms with E-state index in [4.69, 9.17) is 4.74 Å². The van der Waals surface area contributed by atoms with Crippen LogP contribution in [0.3, 0.4) is 0 Å². The quantitative estimate of drug-likeness (QED) is 0.559. The number of hydrogen-bond acceptors (Lipinski definition) is 3. The number of hydrogen-bond donors (Lipinski definition) is 1. The van der Waals surface area contributed by atoms with Crippen molar-refractivity contribution in [3.8, 4) is 5.75 Å². The van der Waals surface area contributed by atoms with Gasteiger partial charge in [-0.1, -0.05) is 12.1 Å². The van der Waals surface area contributed by atoms with Crippen LogP contribution in [-0.2, 0) is 11.3 Å². The number of nitrogens with zero attached hydrogens (tertiary/aromatic N) is 2. The summed E-state index contributed by atoms with van der Waals surface area (Å²) >= 11 is 0. The number of benzene rings is 2. The summed E-state index contributed by atoms with van der Waals surface area (Å²) in [5.74, 6) is 0.663. The highest BCUT2D eigenvalue weighted by atomic mass is 16.5. The highest BCUT2D eigenvalue weighted by Gasteiger charge is 2.10. The minimum Gasteiger partial charge on any atom is -0.497 e. The second-order valence-corrected chi connectivity index (χ2v) is 6.59. The number of anilines is 1. The fraction of sp³-hybridized carbons (Fsp3) is 0.182. The third-order valence-corrected chi connectivity index (χ3v) is 4.80. The van der Waals surface area contributed by atoms with Crippen LogP contribution in [-0.4, -0.2) is 22.0 Å². The molecule has 0 saturated carbocycles. The third-order valence-electron chi connectivity index (χ3n) is 4.80. The van der Waals surface area contributed by atoms with Gasteiger partial charge < -0.3 is 19.0 Å². The largest absolute Gasteiger partial charge is 0.497 e. The molecule has 1 amide bonds. The number of aromatic nitrogens is 2. The number of fused-ring (bicyclic) bond motifs is 3. The number of methoxy groups -OCH3 is 1. The van der Waals surface area contributed by atoms with Crippen LogP contribution in [0.2, 0.25) is 0 Å². The van der Waals surface area contributed by atoms with Gasteiger partial charge in [-0.2, -0.15) is 0 Å². The molecule has 0 radical (unpaired) electrons. The van der Waals surface area contributed by atoms with Crippen molar-refractivity contribution >= 4 is 28.1 Å². The molecule has 0 aliphatic heterocycles. The Kier molecular flexibility index (Phi) is 4.85. The Balaban J connectivity index is 1.48. The Bertz CT molecular complexity index is 1190. The maximum atomic E-state index is 12.9. The fourth-order valence-corrected chi connectivity index (χ4v) is 3.43. The number of carbonyl (C=O) groups excluding carboxylic acids is 1. The van der Waals surface area contributed by atoms with Crippen molar-refractivity contribution < 1.29 is 9.53 Å². The van der Waals surface area contributed by atoms with Gasteiger partial charge in [0.2, 0.25) is 5.91 Å². The zero-order valence-corrected chi connectivity index (χ0v) is 15.6. The first kappa shape index (κ1) is 17.9. The van der Waals surface area contributed by atoms with E-state index in [1.165, 1.54) is 0 Å². The molecule has 6 nitrogen and oxygen atoms in total. The Morgan fingerprint density at radius 3 is 2.43 bits per heavy atom. The summed E-state index contributed by atoms with van der Waals surface area (Å²) in [6.45, 7) is 0.483. The van der Waals surface area contributed by atoms with E-state index in [1.807, 2.05) is 47.0 Å². The molecular weight excluding hydrogens is 354 g/mol. The summed E-state index contributed by atoms with van der Waals surface area (Å²) in [4.78, 5) is 25.1. The van der Waals surface area contributed by atoms with Crippen molar-refractivity contribution in [2.45, 2.75) is 19.4 Å². The van der Waals surface area contributed by atoms with Crippen LogP contribution >= 0.6 is 0 Å². The number of carbonyl (C=O) groups is 1. The number of amides is 1. The number of aryl methyl sites for hydroxylation is 1. The summed E-state index contributed by atoms with van der Waals surface area (Å²) < 4.78 is 8.77. The molecule has 0 bridgehead atoms. The van der Waals surface area contributed by atoms with Gasteiger partial charge in [-0.05, 0) is 55.0 Å². The molecule has 0 spiro atoms. The molecule has 4 rings (SSSR count). The van der Waals surface area contributed by atoms with E-state index >= 15 is 0 Å². The summed E-state index contributed by atoms with van der Waals surface area (Å²) in [6.07, 6.45) is 2.80. The molecule has 1 N–H and O–H groups in total. The average molecular weight is 375 g/mol. The molecule has 2 aromatic heterocycles. The van der Waals surface area contributed by atoms with Crippen molar-refractivity contribution in [2.75, 3.05) is 12.4 Å². The maximum absolute atomic E-state index is 12.9. The van der Waals surface area contributed by atoms with Gasteiger partial charge in [0.05, 0.1) is 18.1 Å². The number of nitrogens with one attached hydrogen (secondary N) is 1. The Hall–Kier alpha value is -3.54. The van der Waals surface area contributed by atoms with Gasteiger partial charge in [-0.3, -0.25) is 9.59 Å². The lowest BCUT2D eigenvalue weighted by Crippen LogP contribution is -2.23. The first-order valence-electron chi connectivity index (χ1n) is 9.20. The molecule has 0 aliphatic rings. The van der Waals surface area contributed by atoms with E-state index < -0.39 is 0 Å². The average Bonchev–Trinajstić information content (AvgIpc) is 3.21. The van der Waals surface area contributed by atoms with Crippen LogP contribution in [0.15, 0.2) is 71.7 Å². The molecule has 0 aliphatic carbocycles. The van der Waals surface area contributed by atoms with Crippen LogP contribution in [0.25, 0.3) is 16.6 Å². The summed E-state index contributed by atoms with van der Waals surface area (Å²) in [5.41, 5.74) is 3.17. The Morgan fingerprint density at radius 1 is 0.964 bits per heavy atom. The highest BCUT2D eigenvalue weighted by Crippen LogP contribution is 2.17. The van der Waals surface area contributed by atoms with Crippen molar-refractivity contribution in [3.05, 3.63) is 77.2 Å². The molecule has 0 atom stereocenters. The van der Waals surface area contributed by atoms with E-state index in [1.54, 1.807) is 35.9 Å². The zero-order chi connectivity index (χ0) is 19.5. The SMILES string of the molecule is COc1ccc(NC(=O)CCCn2c(=O)c3cccn3c3ccccc32)cc1. The molecule has 2 heterocycles. The van der Waals surface area contributed by atoms with Crippen LogP contribution in [0.5, 0.6) is 5.75 Å². The van der Waals surface area contributed by atoms with E-state index in [0.29, 0.717) is 24.9 Å². The van der Waals surface area contributed by atoms with Crippen LogP contribution in [0.1, 0.15) is 12.8 Å². The molecule has 0 unspecified atom stereocenters. The predicted molar refractivity (Wildman–Crippen MR) is 110 cm³/mol. The number of para-hydroxylation sites is 2. The van der Waals surface area contributed by atoms with Gasteiger partial charge >= 0.3 is 0 Å². The minimum absolute atomic E-state index is 0.0423. The molecule has 0 fully saturated rings. The predicted octanol–water partition coefficient (Wildman–Crippen LogP) is 3.68. The molecule has 2 aromatic carbocycles. The standard InChI is InChI=1S/C22H21N3O3/c1-28-17-12-10-16(11-13-17)23-21(26)9-5-15-25-19-7-3-2-6-18(19)24-14-4-8-20(24)22(25)27/h2-4,6-8,10-14H,5,9,15H2,1H3,(H,23,26). The highest BCUT2D eigenvalue weighted by molar-refractivity contribution is 5.90. The fourth-order valence-electron chi connectivity index (χ4n) is 3.43. The van der Waals surface area contributed by atoms with E-state index in [2.05, 4.69) is 5.32 Å². The zero-order valence-electron chi connectivity index (χ0n) is 15.6. The summed E-state index contributed by atoms with van der Waals surface area (Å²) in [7, 11) is 1.60. The molecule has 6 heteroatoms. The molecule has 4 aromatic rings. The monoisotopic (exact) mass is 375 g/mol. The Morgan fingerprint density at radius 2 is 1.68 bits per heavy atom. The number of rotatable bonds is 6. The van der Waals surface area contributed by atoms with Crippen LogP contribution in [0, 0.1) is 0 Å². The molecule has 28 heavy (non-hydrogen) atoms. The minimum atomic E-state index is -0.0775. The van der Waals surface area contributed by atoms with Gasteiger partial charge in [0, 0.05) is 24.8 Å².